The van der Waals surface area contributed by atoms with Gasteiger partial charge in [-0.15, -0.1) is 0 Å². The summed E-state index contributed by atoms with van der Waals surface area (Å²) >= 11 is 0. The Morgan fingerprint density at radius 2 is 2.14 bits per heavy atom. The van der Waals surface area contributed by atoms with Crippen molar-refractivity contribution in [3.8, 4) is 5.75 Å². The van der Waals surface area contributed by atoms with Gasteiger partial charge in [0.25, 0.3) is 0 Å². The van der Waals surface area contributed by atoms with Gasteiger partial charge in [-0.25, -0.2) is 0 Å². The van der Waals surface area contributed by atoms with E-state index in [1.165, 1.54) is 25.9 Å². The van der Waals surface area contributed by atoms with Crippen LogP contribution in [-0.2, 0) is 0 Å². The highest BCUT2D eigenvalue weighted by molar-refractivity contribution is 5.43. The van der Waals surface area contributed by atoms with E-state index in [-0.39, 0.29) is 6.61 Å². The fourth-order valence-electron chi connectivity index (χ4n) is 2.62. The van der Waals surface area contributed by atoms with Gasteiger partial charge in [0.1, 0.15) is 18.5 Å². The molecule has 0 radical (unpaired) electrons. The van der Waals surface area contributed by atoms with Gasteiger partial charge in [0, 0.05) is 31.4 Å². The number of nitrogen functional groups attached to an aromatic ring is 1. The fourth-order valence-corrected chi connectivity index (χ4v) is 2.62. The minimum absolute atomic E-state index is 0.289. The summed E-state index contributed by atoms with van der Waals surface area (Å²) in [5, 5.41) is 10.0. The molecule has 21 heavy (non-hydrogen) atoms. The molecule has 1 unspecified atom stereocenters. The predicted molar refractivity (Wildman–Crippen MR) is 85.5 cm³/mol. The molecule has 1 aromatic carbocycles. The van der Waals surface area contributed by atoms with Gasteiger partial charge in [0.2, 0.25) is 0 Å². The van der Waals surface area contributed by atoms with E-state index in [1.54, 1.807) is 6.07 Å². The van der Waals surface area contributed by atoms with Gasteiger partial charge in [-0.2, -0.15) is 0 Å². The molecule has 2 rings (SSSR count). The molecule has 5 nitrogen and oxygen atoms in total. The molecular formula is C16H27N3O2. The third-order valence-corrected chi connectivity index (χ3v) is 3.82. The Morgan fingerprint density at radius 3 is 2.86 bits per heavy atom. The Balaban J connectivity index is 1.62. The smallest absolute Gasteiger partial charge is 0.121 e. The van der Waals surface area contributed by atoms with Crippen LogP contribution in [0.1, 0.15) is 12.8 Å². The van der Waals surface area contributed by atoms with Crippen molar-refractivity contribution in [3.05, 3.63) is 24.3 Å². The number of ether oxygens (including phenoxy) is 1. The number of likely N-dealkylation sites (tertiary alicyclic amines) is 1. The number of nitrogens with zero attached hydrogens (tertiary/aromatic N) is 2. The average Bonchev–Trinajstić information content (AvgIpc) is 2.96. The van der Waals surface area contributed by atoms with Gasteiger partial charge >= 0.3 is 0 Å². The minimum Gasteiger partial charge on any atom is -0.491 e. The van der Waals surface area contributed by atoms with E-state index in [2.05, 4.69) is 9.80 Å². The molecule has 1 saturated heterocycles. The first-order valence-corrected chi connectivity index (χ1v) is 7.71. The van der Waals surface area contributed by atoms with Crippen molar-refractivity contribution in [3.63, 3.8) is 0 Å². The van der Waals surface area contributed by atoms with Crippen LogP contribution in [0.5, 0.6) is 5.75 Å². The molecule has 118 valence electrons. The largest absolute Gasteiger partial charge is 0.491 e. The van der Waals surface area contributed by atoms with Gasteiger partial charge < -0.3 is 25.4 Å². The Bertz CT molecular complexity index is 422. The SMILES string of the molecule is CN(CCN1CCCC1)CC(O)COc1cccc(N)c1. The van der Waals surface area contributed by atoms with Crippen molar-refractivity contribution in [2.75, 3.05) is 52.1 Å². The second-order valence-corrected chi connectivity index (χ2v) is 5.85. The maximum atomic E-state index is 10.0. The number of benzene rings is 1. The van der Waals surface area contributed by atoms with Crippen LogP contribution >= 0.6 is 0 Å². The molecule has 1 fully saturated rings. The Labute approximate surface area is 127 Å². The summed E-state index contributed by atoms with van der Waals surface area (Å²) in [7, 11) is 2.04. The number of hydrogen-bond acceptors (Lipinski definition) is 5. The van der Waals surface area contributed by atoms with E-state index in [0.29, 0.717) is 18.0 Å². The zero-order valence-corrected chi connectivity index (χ0v) is 12.9. The fraction of sp³-hybridized carbons (Fsp3) is 0.625. The summed E-state index contributed by atoms with van der Waals surface area (Å²) in [4.78, 5) is 4.64. The van der Waals surface area contributed by atoms with E-state index in [0.717, 1.165) is 13.1 Å². The van der Waals surface area contributed by atoms with Gasteiger partial charge in [0.15, 0.2) is 0 Å². The Hall–Kier alpha value is -1.30. The molecule has 1 aliphatic rings. The van der Waals surface area contributed by atoms with Crippen molar-refractivity contribution < 1.29 is 9.84 Å². The van der Waals surface area contributed by atoms with Crippen LogP contribution in [0.15, 0.2) is 24.3 Å². The van der Waals surface area contributed by atoms with Gasteiger partial charge in [0.05, 0.1) is 0 Å². The molecule has 0 amide bonds. The molecule has 1 aliphatic heterocycles. The zero-order chi connectivity index (χ0) is 15.1. The van der Waals surface area contributed by atoms with Crippen LogP contribution < -0.4 is 10.5 Å². The van der Waals surface area contributed by atoms with Crippen LogP contribution in [-0.4, -0.2) is 67.4 Å². The first kappa shape index (κ1) is 16.1. The molecule has 1 atom stereocenters. The quantitative estimate of drug-likeness (QED) is 0.701. The predicted octanol–water partition coefficient (Wildman–Crippen LogP) is 1.04. The molecule has 0 aromatic heterocycles. The van der Waals surface area contributed by atoms with Crippen molar-refractivity contribution >= 4 is 5.69 Å². The van der Waals surface area contributed by atoms with Gasteiger partial charge in [-0.05, 0) is 45.1 Å². The van der Waals surface area contributed by atoms with E-state index < -0.39 is 6.10 Å². The van der Waals surface area contributed by atoms with E-state index in [1.807, 2.05) is 25.2 Å². The Morgan fingerprint density at radius 1 is 1.38 bits per heavy atom. The average molecular weight is 293 g/mol. The topological polar surface area (TPSA) is 62.0 Å². The summed E-state index contributed by atoms with van der Waals surface area (Å²) < 4.78 is 5.56. The number of likely N-dealkylation sites (N-methyl/N-ethyl adjacent to an activating group) is 1. The first-order chi connectivity index (χ1) is 10.1. The van der Waals surface area contributed by atoms with Crippen LogP contribution in [0, 0.1) is 0 Å². The highest BCUT2D eigenvalue weighted by Gasteiger charge is 2.13. The number of nitrogens with two attached hydrogens (primary N) is 1. The van der Waals surface area contributed by atoms with Gasteiger partial charge in [-0.1, -0.05) is 6.07 Å². The maximum Gasteiger partial charge on any atom is 0.121 e. The third-order valence-electron chi connectivity index (χ3n) is 3.82. The van der Waals surface area contributed by atoms with Crippen LogP contribution in [0.2, 0.25) is 0 Å². The summed E-state index contributed by atoms with van der Waals surface area (Å²) in [6.07, 6.45) is 2.15. The van der Waals surface area contributed by atoms with Crippen molar-refractivity contribution in [2.45, 2.75) is 18.9 Å². The second-order valence-electron chi connectivity index (χ2n) is 5.85. The van der Waals surface area contributed by atoms with E-state index in [9.17, 15) is 5.11 Å². The number of rotatable bonds is 8. The monoisotopic (exact) mass is 293 g/mol. The van der Waals surface area contributed by atoms with Crippen molar-refractivity contribution in [1.82, 2.24) is 9.80 Å². The molecule has 5 heteroatoms. The summed E-state index contributed by atoms with van der Waals surface area (Å²) in [5.41, 5.74) is 6.36. The minimum atomic E-state index is -0.491. The summed E-state index contributed by atoms with van der Waals surface area (Å²) in [6.45, 7) is 5.41. The van der Waals surface area contributed by atoms with E-state index >= 15 is 0 Å². The van der Waals surface area contributed by atoms with Crippen molar-refractivity contribution in [2.24, 2.45) is 0 Å². The summed E-state index contributed by atoms with van der Waals surface area (Å²) in [5.74, 6) is 0.703. The molecule has 0 bridgehead atoms. The van der Waals surface area contributed by atoms with Crippen LogP contribution in [0.4, 0.5) is 5.69 Å². The lowest BCUT2D eigenvalue weighted by molar-refractivity contribution is 0.0738. The lowest BCUT2D eigenvalue weighted by Crippen LogP contribution is -2.37. The second kappa shape index (κ2) is 8.22. The first-order valence-electron chi connectivity index (χ1n) is 7.71. The number of aliphatic hydroxyl groups is 1. The summed E-state index contributed by atoms with van der Waals surface area (Å²) in [6, 6.07) is 7.28. The molecule has 0 spiro atoms. The third kappa shape index (κ3) is 5.91. The van der Waals surface area contributed by atoms with Crippen LogP contribution in [0.25, 0.3) is 0 Å². The number of anilines is 1. The molecular weight excluding hydrogens is 266 g/mol. The zero-order valence-electron chi connectivity index (χ0n) is 12.9. The highest BCUT2D eigenvalue weighted by Crippen LogP contribution is 2.14. The normalized spacial score (nSPS) is 17.3. The maximum absolute atomic E-state index is 10.0. The lowest BCUT2D eigenvalue weighted by Gasteiger charge is -2.23. The molecule has 0 saturated carbocycles. The van der Waals surface area contributed by atoms with Gasteiger partial charge in [-0.3, -0.25) is 0 Å². The Kier molecular flexibility index (Phi) is 6.29. The molecule has 3 N–H and O–H groups in total. The van der Waals surface area contributed by atoms with Crippen molar-refractivity contribution in [1.29, 1.82) is 0 Å². The number of hydrogen-bond donors (Lipinski definition) is 2. The number of aliphatic hydroxyl groups excluding tert-OH is 1. The highest BCUT2D eigenvalue weighted by atomic mass is 16.5. The molecule has 0 aliphatic carbocycles. The standard InChI is InChI=1S/C16H27N3O2/c1-18(9-10-19-7-2-3-8-19)12-15(20)13-21-16-6-4-5-14(17)11-16/h4-6,11,15,20H,2-3,7-10,12-13,17H2,1H3. The molecule has 1 heterocycles. The molecule has 1 aromatic rings. The lowest BCUT2D eigenvalue weighted by atomic mass is 10.3. The van der Waals surface area contributed by atoms with E-state index in [4.69, 9.17) is 10.5 Å². The van der Waals surface area contributed by atoms with Crippen LogP contribution in [0.3, 0.4) is 0 Å².